The Labute approximate surface area is 117 Å². The van der Waals surface area contributed by atoms with E-state index >= 15 is 0 Å². The molecule has 0 radical (unpaired) electrons. The van der Waals surface area contributed by atoms with Gasteiger partial charge in [-0.3, -0.25) is 0 Å². The molecule has 0 aromatic heterocycles. The molecule has 20 heavy (non-hydrogen) atoms. The van der Waals surface area contributed by atoms with E-state index in [1.165, 1.54) is 30.0 Å². The molecular weight excluding hydrogens is 256 g/mol. The van der Waals surface area contributed by atoms with E-state index in [4.69, 9.17) is 0 Å². The smallest absolute Gasteiger partial charge is 0.263 e. The Bertz CT molecular complexity index is 608. The maximum absolute atomic E-state index is 12.6. The first-order valence-corrected chi connectivity index (χ1v) is 6.95. The Balaban J connectivity index is 1.69. The molecule has 2 aromatic carbocycles. The van der Waals surface area contributed by atoms with Crippen LogP contribution >= 0.6 is 0 Å². The van der Waals surface area contributed by atoms with E-state index < -0.39 is 6.43 Å². The molecule has 3 heteroatoms. The first-order chi connectivity index (χ1) is 9.72. The summed E-state index contributed by atoms with van der Waals surface area (Å²) in [5.41, 5.74) is 4.88. The number of fused-ring (bicyclic) bond motifs is 1. The summed E-state index contributed by atoms with van der Waals surface area (Å²) in [7, 11) is 0. The topological polar surface area (TPSA) is 12.0 Å². The van der Waals surface area contributed by atoms with Gasteiger partial charge in [-0.05, 0) is 54.2 Å². The predicted molar refractivity (Wildman–Crippen MR) is 77.2 cm³/mol. The van der Waals surface area contributed by atoms with Crippen LogP contribution in [-0.2, 0) is 19.4 Å². The van der Waals surface area contributed by atoms with Gasteiger partial charge in [-0.2, -0.15) is 0 Å². The number of nitrogens with one attached hydrogen (secondary N) is 1. The van der Waals surface area contributed by atoms with Crippen molar-refractivity contribution < 1.29 is 8.78 Å². The normalized spacial score (nSPS) is 13.6. The van der Waals surface area contributed by atoms with Crippen LogP contribution < -0.4 is 5.32 Å². The predicted octanol–water partition coefficient (Wildman–Crippen LogP) is 4.73. The van der Waals surface area contributed by atoms with E-state index in [0.717, 1.165) is 17.7 Å². The van der Waals surface area contributed by atoms with Crippen molar-refractivity contribution in [2.75, 3.05) is 5.32 Å². The molecule has 1 aliphatic rings. The zero-order valence-electron chi connectivity index (χ0n) is 11.2. The molecule has 3 rings (SSSR count). The van der Waals surface area contributed by atoms with Gasteiger partial charge < -0.3 is 5.32 Å². The average Bonchev–Trinajstić information content (AvgIpc) is 2.93. The third-order valence-corrected chi connectivity index (χ3v) is 3.80. The van der Waals surface area contributed by atoms with Crippen LogP contribution in [0.2, 0.25) is 0 Å². The maximum Gasteiger partial charge on any atom is 0.263 e. The molecule has 0 saturated carbocycles. The summed E-state index contributed by atoms with van der Waals surface area (Å²) in [4.78, 5) is 0. The second-order valence-corrected chi connectivity index (χ2v) is 5.24. The minimum Gasteiger partial charge on any atom is -0.381 e. The van der Waals surface area contributed by atoms with Gasteiger partial charge in [0, 0.05) is 17.8 Å². The summed E-state index contributed by atoms with van der Waals surface area (Å²) in [6, 6.07) is 13.0. The molecule has 0 bridgehead atoms. The van der Waals surface area contributed by atoms with Crippen LogP contribution in [-0.4, -0.2) is 0 Å². The van der Waals surface area contributed by atoms with Gasteiger partial charge in [-0.1, -0.05) is 24.3 Å². The van der Waals surface area contributed by atoms with Crippen LogP contribution in [0.3, 0.4) is 0 Å². The van der Waals surface area contributed by atoms with Crippen molar-refractivity contribution in [3.8, 4) is 0 Å². The molecule has 0 heterocycles. The molecule has 0 unspecified atom stereocenters. The van der Waals surface area contributed by atoms with E-state index in [9.17, 15) is 8.78 Å². The summed E-state index contributed by atoms with van der Waals surface area (Å²) in [6.07, 6.45) is 1.14. The Kier molecular flexibility index (Phi) is 3.68. The standard InChI is InChI=1S/C17H17F2N/c18-17(19)15-6-1-3-12(9-15)11-20-16-8-7-13-4-2-5-14(13)10-16/h1,3,6-10,17,20H,2,4-5,11H2. The SMILES string of the molecule is FC(F)c1cccc(CNc2ccc3c(c2)CCC3)c1. The van der Waals surface area contributed by atoms with Crippen LogP contribution in [0.25, 0.3) is 0 Å². The van der Waals surface area contributed by atoms with Crippen molar-refractivity contribution in [1.82, 2.24) is 0 Å². The third-order valence-electron chi connectivity index (χ3n) is 3.80. The van der Waals surface area contributed by atoms with Gasteiger partial charge in [0.15, 0.2) is 0 Å². The highest BCUT2D eigenvalue weighted by atomic mass is 19.3. The van der Waals surface area contributed by atoms with Crippen molar-refractivity contribution in [2.24, 2.45) is 0 Å². The Morgan fingerprint density at radius 2 is 1.85 bits per heavy atom. The Hall–Kier alpha value is -1.90. The lowest BCUT2D eigenvalue weighted by atomic mass is 10.1. The first-order valence-electron chi connectivity index (χ1n) is 6.95. The van der Waals surface area contributed by atoms with Crippen molar-refractivity contribution >= 4 is 5.69 Å². The fraction of sp³-hybridized carbons (Fsp3) is 0.294. The second-order valence-electron chi connectivity index (χ2n) is 5.24. The summed E-state index contributed by atoms with van der Waals surface area (Å²) in [6.45, 7) is 0.569. The fourth-order valence-electron chi connectivity index (χ4n) is 2.72. The van der Waals surface area contributed by atoms with E-state index in [1.807, 2.05) is 6.07 Å². The van der Waals surface area contributed by atoms with Crippen LogP contribution in [0.4, 0.5) is 14.5 Å². The van der Waals surface area contributed by atoms with Crippen molar-refractivity contribution in [3.63, 3.8) is 0 Å². The molecule has 0 amide bonds. The van der Waals surface area contributed by atoms with Crippen LogP contribution in [0.1, 0.15) is 35.1 Å². The largest absolute Gasteiger partial charge is 0.381 e. The fourth-order valence-corrected chi connectivity index (χ4v) is 2.72. The molecular formula is C17H17F2N. The monoisotopic (exact) mass is 273 g/mol. The van der Waals surface area contributed by atoms with Gasteiger partial charge in [0.25, 0.3) is 6.43 Å². The molecule has 1 aliphatic carbocycles. The Morgan fingerprint density at radius 1 is 1.00 bits per heavy atom. The number of hydrogen-bond acceptors (Lipinski definition) is 1. The van der Waals surface area contributed by atoms with Crippen LogP contribution in [0, 0.1) is 0 Å². The highest BCUT2D eigenvalue weighted by Gasteiger charge is 2.11. The minimum absolute atomic E-state index is 0.0817. The highest BCUT2D eigenvalue weighted by molar-refractivity contribution is 5.50. The van der Waals surface area contributed by atoms with Gasteiger partial charge in [0.05, 0.1) is 0 Å². The minimum atomic E-state index is -2.41. The number of rotatable bonds is 4. The van der Waals surface area contributed by atoms with Gasteiger partial charge in [-0.15, -0.1) is 0 Å². The molecule has 104 valence electrons. The summed E-state index contributed by atoms with van der Waals surface area (Å²) >= 11 is 0. The molecule has 2 aromatic rings. The lowest BCUT2D eigenvalue weighted by Gasteiger charge is -2.09. The van der Waals surface area contributed by atoms with Crippen LogP contribution in [0.15, 0.2) is 42.5 Å². The maximum atomic E-state index is 12.6. The number of benzene rings is 2. The van der Waals surface area contributed by atoms with Crippen molar-refractivity contribution in [1.29, 1.82) is 0 Å². The zero-order chi connectivity index (χ0) is 13.9. The zero-order valence-corrected chi connectivity index (χ0v) is 11.2. The quantitative estimate of drug-likeness (QED) is 0.849. The second kappa shape index (κ2) is 5.61. The van der Waals surface area contributed by atoms with E-state index in [0.29, 0.717) is 6.54 Å². The number of hydrogen-bond donors (Lipinski definition) is 1. The molecule has 0 saturated heterocycles. The van der Waals surface area contributed by atoms with E-state index in [-0.39, 0.29) is 5.56 Å². The summed E-state index contributed by atoms with van der Waals surface area (Å²) in [5, 5.41) is 3.31. The Morgan fingerprint density at radius 3 is 2.70 bits per heavy atom. The molecule has 0 atom stereocenters. The van der Waals surface area contributed by atoms with Gasteiger partial charge >= 0.3 is 0 Å². The van der Waals surface area contributed by atoms with Gasteiger partial charge in [-0.25, -0.2) is 8.78 Å². The molecule has 1 nitrogen and oxygen atoms in total. The third kappa shape index (κ3) is 2.82. The van der Waals surface area contributed by atoms with E-state index in [1.54, 1.807) is 12.1 Å². The molecule has 0 spiro atoms. The average molecular weight is 273 g/mol. The van der Waals surface area contributed by atoms with Crippen LogP contribution in [0.5, 0.6) is 0 Å². The van der Waals surface area contributed by atoms with Crippen molar-refractivity contribution in [2.45, 2.75) is 32.2 Å². The van der Waals surface area contributed by atoms with Gasteiger partial charge in [0.2, 0.25) is 0 Å². The lowest BCUT2D eigenvalue weighted by molar-refractivity contribution is 0.151. The number of alkyl halides is 2. The van der Waals surface area contributed by atoms with Gasteiger partial charge in [0.1, 0.15) is 0 Å². The summed E-state index contributed by atoms with van der Waals surface area (Å²) in [5.74, 6) is 0. The molecule has 0 fully saturated rings. The number of aryl methyl sites for hydroxylation is 2. The lowest BCUT2D eigenvalue weighted by Crippen LogP contribution is -2.00. The molecule has 0 aliphatic heterocycles. The first kappa shape index (κ1) is 13.1. The highest BCUT2D eigenvalue weighted by Crippen LogP contribution is 2.25. The van der Waals surface area contributed by atoms with E-state index in [2.05, 4.69) is 23.5 Å². The number of halogens is 2. The number of anilines is 1. The summed E-state index contributed by atoms with van der Waals surface area (Å²) < 4.78 is 25.3. The van der Waals surface area contributed by atoms with Crippen molar-refractivity contribution in [3.05, 3.63) is 64.7 Å². The molecule has 1 N–H and O–H groups in total.